The van der Waals surface area contributed by atoms with Crippen LogP contribution in [0.4, 0.5) is 21.3 Å². The molecule has 0 aliphatic heterocycles. The summed E-state index contributed by atoms with van der Waals surface area (Å²) in [4.78, 5) is 28.8. The highest BCUT2D eigenvalue weighted by Gasteiger charge is 2.13. The fraction of sp³-hybridized carbons (Fsp3) is 0.190. The number of nitrogens with zero attached hydrogens (tertiary/aromatic N) is 1. The maximum Gasteiger partial charge on any atom is 0.325 e. The van der Waals surface area contributed by atoms with Crippen LogP contribution in [0.3, 0.4) is 0 Å². The van der Waals surface area contributed by atoms with E-state index in [-0.39, 0.29) is 12.3 Å². The molecule has 30 heavy (non-hydrogen) atoms. The largest absolute Gasteiger partial charge is 0.497 e. The van der Waals surface area contributed by atoms with Gasteiger partial charge in [0.2, 0.25) is 5.91 Å². The molecule has 0 bridgehead atoms. The van der Waals surface area contributed by atoms with Gasteiger partial charge in [-0.25, -0.2) is 9.78 Å². The van der Waals surface area contributed by atoms with Crippen molar-refractivity contribution < 1.29 is 19.1 Å². The number of thiazole rings is 1. The molecule has 0 saturated heterocycles. The highest BCUT2D eigenvalue weighted by Crippen LogP contribution is 2.29. The lowest BCUT2D eigenvalue weighted by molar-refractivity contribution is -0.115. The molecule has 8 nitrogen and oxygen atoms in total. The van der Waals surface area contributed by atoms with Crippen molar-refractivity contribution in [1.82, 2.24) is 4.98 Å². The molecule has 0 radical (unpaired) electrons. The molecule has 0 aliphatic rings. The Morgan fingerprint density at radius 3 is 2.60 bits per heavy atom. The SMILES string of the molecule is COc1ccc(OC)c(NC(=O)Cc2csc(NC(=O)Nc3cccc(C)c3)n2)c1. The van der Waals surface area contributed by atoms with E-state index in [1.807, 2.05) is 25.1 Å². The second kappa shape index (κ2) is 9.75. The fourth-order valence-electron chi connectivity index (χ4n) is 2.70. The molecule has 9 heteroatoms. The molecule has 0 spiro atoms. The normalized spacial score (nSPS) is 10.2. The van der Waals surface area contributed by atoms with Crippen molar-refractivity contribution in [1.29, 1.82) is 0 Å². The van der Waals surface area contributed by atoms with Gasteiger partial charge in [-0.15, -0.1) is 11.3 Å². The monoisotopic (exact) mass is 426 g/mol. The Balaban J connectivity index is 1.57. The molecule has 3 N–H and O–H groups in total. The number of nitrogens with one attached hydrogen (secondary N) is 3. The predicted molar refractivity (Wildman–Crippen MR) is 118 cm³/mol. The number of methoxy groups -OCH3 is 2. The van der Waals surface area contributed by atoms with Crippen LogP contribution in [0.5, 0.6) is 11.5 Å². The number of ether oxygens (including phenoxy) is 2. The summed E-state index contributed by atoms with van der Waals surface area (Å²) in [5, 5.41) is 10.3. The summed E-state index contributed by atoms with van der Waals surface area (Å²) < 4.78 is 10.4. The van der Waals surface area contributed by atoms with Gasteiger partial charge in [-0.3, -0.25) is 10.1 Å². The Labute approximate surface area is 178 Å². The van der Waals surface area contributed by atoms with Gasteiger partial charge in [0.15, 0.2) is 5.13 Å². The second-order valence-corrected chi connectivity index (χ2v) is 7.24. The maximum atomic E-state index is 12.4. The number of carbonyl (C=O) groups excluding carboxylic acids is 2. The average molecular weight is 426 g/mol. The predicted octanol–water partition coefficient (Wildman–Crippen LogP) is 4.29. The van der Waals surface area contributed by atoms with E-state index in [0.717, 1.165) is 5.56 Å². The first-order valence-electron chi connectivity index (χ1n) is 9.08. The molecular weight excluding hydrogens is 404 g/mol. The molecule has 0 atom stereocenters. The number of hydrogen-bond donors (Lipinski definition) is 3. The minimum atomic E-state index is -0.396. The molecular formula is C21H22N4O4S. The van der Waals surface area contributed by atoms with E-state index in [2.05, 4.69) is 20.9 Å². The lowest BCUT2D eigenvalue weighted by Gasteiger charge is -2.11. The molecule has 0 fully saturated rings. The van der Waals surface area contributed by atoms with Crippen LogP contribution < -0.4 is 25.4 Å². The number of anilines is 3. The van der Waals surface area contributed by atoms with Gasteiger partial charge in [0.1, 0.15) is 11.5 Å². The number of rotatable bonds is 7. The molecule has 1 heterocycles. The number of urea groups is 1. The standard InChI is InChI=1S/C21H22N4O4S/c1-13-5-4-6-14(9-13)22-20(27)25-21-23-15(12-30-21)10-19(26)24-17-11-16(28-2)7-8-18(17)29-3/h4-9,11-12H,10H2,1-3H3,(H,24,26)(H2,22,23,25,27). The number of carbonyl (C=O) groups is 2. The Hall–Kier alpha value is -3.59. The van der Waals surface area contributed by atoms with E-state index in [0.29, 0.717) is 33.7 Å². The zero-order chi connectivity index (χ0) is 21.5. The summed E-state index contributed by atoms with van der Waals surface area (Å²) in [7, 11) is 3.07. The summed E-state index contributed by atoms with van der Waals surface area (Å²) in [5.74, 6) is 0.867. The van der Waals surface area contributed by atoms with Crippen molar-refractivity contribution in [2.24, 2.45) is 0 Å². The summed E-state index contributed by atoms with van der Waals surface area (Å²) in [5.41, 5.74) is 2.79. The van der Waals surface area contributed by atoms with Crippen LogP contribution >= 0.6 is 11.3 Å². The molecule has 1 aromatic heterocycles. The summed E-state index contributed by atoms with van der Waals surface area (Å²) in [6.07, 6.45) is 0.0536. The summed E-state index contributed by atoms with van der Waals surface area (Å²) in [6, 6.07) is 12.2. The third-order valence-electron chi connectivity index (χ3n) is 4.07. The number of benzene rings is 2. The topological polar surface area (TPSA) is 102 Å². The summed E-state index contributed by atoms with van der Waals surface area (Å²) in [6.45, 7) is 1.95. The number of aromatic nitrogens is 1. The fourth-order valence-corrected chi connectivity index (χ4v) is 3.40. The molecule has 3 rings (SSSR count). The minimum Gasteiger partial charge on any atom is -0.497 e. The first-order valence-corrected chi connectivity index (χ1v) is 9.95. The van der Waals surface area contributed by atoms with Crippen molar-refractivity contribution in [2.75, 3.05) is 30.2 Å². The smallest absolute Gasteiger partial charge is 0.325 e. The molecule has 0 unspecified atom stereocenters. The molecule has 3 amide bonds. The van der Waals surface area contributed by atoms with Gasteiger partial charge in [0.25, 0.3) is 0 Å². The van der Waals surface area contributed by atoms with Gasteiger partial charge >= 0.3 is 6.03 Å². The van der Waals surface area contributed by atoms with Crippen LogP contribution in [-0.4, -0.2) is 31.1 Å². The van der Waals surface area contributed by atoms with Gasteiger partial charge in [-0.2, -0.15) is 0 Å². The van der Waals surface area contributed by atoms with Crippen LogP contribution in [0.1, 0.15) is 11.3 Å². The number of amides is 3. The van der Waals surface area contributed by atoms with Crippen LogP contribution in [0.15, 0.2) is 47.8 Å². The van der Waals surface area contributed by atoms with E-state index < -0.39 is 6.03 Å². The molecule has 2 aromatic carbocycles. The number of hydrogen-bond acceptors (Lipinski definition) is 6. The Bertz CT molecular complexity index is 1050. The Kier molecular flexibility index (Phi) is 6.87. The van der Waals surface area contributed by atoms with Crippen LogP contribution in [0.25, 0.3) is 0 Å². The van der Waals surface area contributed by atoms with Crippen LogP contribution in [-0.2, 0) is 11.2 Å². The Morgan fingerprint density at radius 2 is 1.87 bits per heavy atom. The molecule has 3 aromatic rings. The van der Waals surface area contributed by atoms with Crippen LogP contribution in [0.2, 0.25) is 0 Å². The van der Waals surface area contributed by atoms with Gasteiger partial charge < -0.3 is 20.1 Å². The summed E-state index contributed by atoms with van der Waals surface area (Å²) >= 11 is 1.25. The van der Waals surface area contributed by atoms with Crippen LogP contribution in [0, 0.1) is 6.92 Å². The van der Waals surface area contributed by atoms with Gasteiger partial charge in [-0.05, 0) is 36.8 Å². The van der Waals surface area contributed by atoms with Crippen molar-refractivity contribution >= 4 is 39.8 Å². The highest BCUT2D eigenvalue weighted by molar-refractivity contribution is 7.14. The van der Waals surface area contributed by atoms with E-state index >= 15 is 0 Å². The zero-order valence-corrected chi connectivity index (χ0v) is 17.6. The lowest BCUT2D eigenvalue weighted by Crippen LogP contribution is -2.19. The Morgan fingerprint density at radius 1 is 1.03 bits per heavy atom. The minimum absolute atomic E-state index is 0.0536. The second-order valence-electron chi connectivity index (χ2n) is 6.38. The maximum absolute atomic E-state index is 12.4. The quantitative estimate of drug-likeness (QED) is 0.523. The first-order chi connectivity index (χ1) is 14.5. The first kappa shape index (κ1) is 21.1. The van der Waals surface area contributed by atoms with Gasteiger partial charge in [0.05, 0.1) is 32.0 Å². The third kappa shape index (κ3) is 5.71. The lowest BCUT2D eigenvalue weighted by atomic mass is 10.2. The highest BCUT2D eigenvalue weighted by atomic mass is 32.1. The average Bonchev–Trinajstić information content (AvgIpc) is 3.14. The number of aryl methyl sites for hydroxylation is 1. The van der Waals surface area contributed by atoms with E-state index in [1.165, 1.54) is 18.4 Å². The van der Waals surface area contributed by atoms with E-state index in [9.17, 15) is 9.59 Å². The van der Waals surface area contributed by atoms with Crippen molar-refractivity contribution in [3.63, 3.8) is 0 Å². The molecule has 156 valence electrons. The van der Waals surface area contributed by atoms with Crippen molar-refractivity contribution in [2.45, 2.75) is 13.3 Å². The molecule has 0 saturated carbocycles. The van der Waals surface area contributed by atoms with Crippen molar-refractivity contribution in [3.05, 3.63) is 59.1 Å². The van der Waals surface area contributed by atoms with Gasteiger partial charge in [0, 0.05) is 17.1 Å². The van der Waals surface area contributed by atoms with Gasteiger partial charge in [-0.1, -0.05) is 12.1 Å². The third-order valence-corrected chi connectivity index (χ3v) is 4.88. The van der Waals surface area contributed by atoms with Crippen molar-refractivity contribution in [3.8, 4) is 11.5 Å². The molecule has 0 aliphatic carbocycles. The van der Waals surface area contributed by atoms with E-state index in [4.69, 9.17) is 9.47 Å². The zero-order valence-electron chi connectivity index (χ0n) is 16.8. The van der Waals surface area contributed by atoms with E-state index in [1.54, 1.807) is 36.8 Å².